The van der Waals surface area contributed by atoms with E-state index in [1.54, 1.807) is 0 Å². The van der Waals surface area contributed by atoms with E-state index in [1.165, 1.54) is 32.1 Å². The largest absolute Gasteiger partial charge is 0.354 e. The molecular formula is C15H29NO. The maximum absolute atomic E-state index is 12.1. The molecule has 1 rings (SSSR count). The van der Waals surface area contributed by atoms with E-state index in [1.807, 2.05) is 13.8 Å². The first kappa shape index (κ1) is 14.5. The number of hydrogen-bond acceptors (Lipinski definition) is 1. The maximum Gasteiger partial charge on any atom is 0.223 e. The summed E-state index contributed by atoms with van der Waals surface area (Å²) < 4.78 is 0. The van der Waals surface area contributed by atoms with Gasteiger partial charge in [-0.2, -0.15) is 0 Å². The van der Waals surface area contributed by atoms with Crippen molar-refractivity contribution in [3.63, 3.8) is 0 Å². The quantitative estimate of drug-likeness (QED) is 0.751. The first-order valence-electron chi connectivity index (χ1n) is 7.31. The van der Waals surface area contributed by atoms with Gasteiger partial charge in [-0.15, -0.1) is 0 Å². The van der Waals surface area contributed by atoms with Crippen LogP contribution in [-0.4, -0.2) is 11.9 Å². The van der Waals surface area contributed by atoms with Crippen LogP contribution >= 0.6 is 0 Å². The van der Waals surface area contributed by atoms with Gasteiger partial charge >= 0.3 is 0 Å². The number of hydrogen-bond donors (Lipinski definition) is 1. The Balaban J connectivity index is 2.39. The SMILES string of the molecule is CC(C)NC(=O)C(CCC1CCCC1)C(C)C. The molecule has 1 atom stereocenters. The summed E-state index contributed by atoms with van der Waals surface area (Å²) in [7, 11) is 0. The van der Waals surface area contributed by atoms with Crippen LogP contribution in [0.25, 0.3) is 0 Å². The van der Waals surface area contributed by atoms with Gasteiger partial charge in [0.05, 0.1) is 0 Å². The molecule has 100 valence electrons. The monoisotopic (exact) mass is 239 g/mol. The minimum Gasteiger partial charge on any atom is -0.354 e. The molecule has 1 saturated carbocycles. The minimum absolute atomic E-state index is 0.206. The van der Waals surface area contributed by atoms with Crippen LogP contribution in [0.2, 0.25) is 0 Å². The Hall–Kier alpha value is -0.530. The first-order valence-corrected chi connectivity index (χ1v) is 7.31. The second-order valence-electron chi connectivity index (χ2n) is 6.24. The highest BCUT2D eigenvalue weighted by atomic mass is 16.1. The molecule has 1 unspecified atom stereocenters. The number of nitrogens with one attached hydrogen (secondary N) is 1. The van der Waals surface area contributed by atoms with Crippen LogP contribution in [0.1, 0.15) is 66.2 Å². The second-order valence-corrected chi connectivity index (χ2v) is 6.24. The Morgan fingerprint density at radius 1 is 1.18 bits per heavy atom. The van der Waals surface area contributed by atoms with E-state index < -0.39 is 0 Å². The fourth-order valence-corrected chi connectivity index (χ4v) is 2.87. The van der Waals surface area contributed by atoms with Crippen LogP contribution in [0.4, 0.5) is 0 Å². The van der Waals surface area contributed by atoms with Crippen LogP contribution in [-0.2, 0) is 4.79 Å². The second kappa shape index (κ2) is 7.03. The van der Waals surface area contributed by atoms with E-state index in [0.29, 0.717) is 5.92 Å². The molecule has 0 aliphatic heterocycles. The molecule has 2 heteroatoms. The summed E-state index contributed by atoms with van der Waals surface area (Å²) in [5.74, 6) is 1.81. The van der Waals surface area contributed by atoms with Gasteiger partial charge in [-0.25, -0.2) is 0 Å². The standard InChI is InChI=1S/C15H29NO/c1-11(2)14(15(17)16-12(3)4)10-9-13-7-5-6-8-13/h11-14H,5-10H2,1-4H3,(H,16,17). The molecule has 2 nitrogen and oxygen atoms in total. The highest BCUT2D eigenvalue weighted by Crippen LogP contribution is 2.31. The van der Waals surface area contributed by atoms with E-state index in [-0.39, 0.29) is 17.9 Å². The zero-order valence-electron chi connectivity index (χ0n) is 12.0. The fraction of sp³-hybridized carbons (Fsp3) is 0.933. The van der Waals surface area contributed by atoms with E-state index in [4.69, 9.17) is 0 Å². The lowest BCUT2D eigenvalue weighted by atomic mass is 9.86. The van der Waals surface area contributed by atoms with Crippen LogP contribution in [0.15, 0.2) is 0 Å². The Morgan fingerprint density at radius 3 is 2.24 bits per heavy atom. The van der Waals surface area contributed by atoms with Crippen molar-refractivity contribution >= 4 is 5.91 Å². The summed E-state index contributed by atoms with van der Waals surface area (Å²) in [6.45, 7) is 8.40. The number of amides is 1. The Morgan fingerprint density at radius 2 is 1.76 bits per heavy atom. The Labute approximate surface area is 107 Å². The molecule has 0 aromatic carbocycles. The fourth-order valence-electron chi connectivity index (χ4n) is 2.87. The van der Waals surface area contributed by atoms with Crippen molar-refractivity contribution in [2.75, 3.05) is 0 Å². The smallest absolute Gasteiger partial charge is 0.223 e. The van der Waals surface area contributed by atoms with Gasteiger partial charge in [0, 0.05) is 12.0 Å². The lowest BCUT2D eigenvalue weighted by Crippen LogP contribution is -2.37. The summed E-state index contributed by atoms with van der Waals surface area (Å²) in [4.78, 5) is 12.1. The summed E-state index contributed by atoms with van der Waals surface area (Å²) in [6, 6.07) is 0.259. The molecule has 0 heterocycles. The molecule has 17 heavy (non-hydrogen) atoms. The lowest BCUT2D eigenvalue weighted by molar-refractivity contribution is -0.127. The topological polar surface area (TPSA) is 29.1 Å². The van der Waals surface area contributed by atoms with Gasteiger partial charge in [0.2, 0.25) is 5.91 Å². The third kappa shape index (κ3) is 5.10. The molecule has 0 bridgehead atoms. The van der Waals surface area contributed by atoms with E-state index in [9.17, 15) is 4.79 Å². The molecule has 1 N–H and O–H groups in total. The molecule has 1 aliphatic rings. The van der Waals surface area contributed by atoms with Crippen LogP contribution in [0.3, 0.4) is 0 Å². The third-order valence-electron chi connectivity index (χ3n) is 3.93. The normalized spacial score (nSPS) is 18.9. The van der Waals surface area contributed by atoms with Crippen LogP contribution in [0, 0.1) is 17.8 Å². The highest BCUT2D eigenvalue weighted by Gasteiger charge is 2.24. The summed E-state index contributed by atoms with van der Waals surface area (Å²) >= 11 is 0. The van der Waals surface area contributed by atoms with E-state index >= 15 is 0 Å². The zero-order valence-corrected chi connectivity index (χ0v) is 12.0. The molecule has 1 aliphatic carbocycles. The summed E-state index contributed by atoms with van der Waals surface area (Å²) in [5, 5.41) is 3.06. The average molecular weight is 239 g/mol. The first-order chi connectivity index (χ1) is 8.00. The molecular weight excluding hydrogens is 210 g/mol. The van der Waals surface area contributed by atoms with E-state index in [0.717, 1.165) is 12.3 Å². The Kier molecular flexibility index (Phi) is 6.01. The van der Waals surface area contributed by atoms with Crippen molar-refractivity contribution < 1.29 is 4.79 Å². The summed E-state index contributed by atoms with van der Waals surface area (Å²) in [5.41, 5.74) is 0. The number of carbonyl (C=O) groups excluding carboxylic acids is 1. The predicted octanol–water partition coefficient (Wildman–Crippen LogP) is 3.75. The van der Waals surface area contributed by atoms with E-state index in [2.05, 4.69) is 19.2 Å². The zero-order chi connectivity index (χ0) is 12.8. The molecule has 0 spiro atoms. The van der Waals surface area contributed by atoms with Crippen molar-refractivity contribution in [2.24, 2.45) is 17.8 Å². The van der Waals surface area contributed by atoms with Crippen molar-refractivity contribution in [2.45, 2.75) is 72.3 Å². The number of carbonyl (C=O) groups is 1. The maximum atomic E-state index is 12.1. The van der Waals surface area contributed by atoms with Crippen molar-refractivity contribution in [3.8, 4) is 0 Å². The van der Waals surface area contributed by atoms with Gasteiger partial charge in [-0.3, -0.25) is 4.79 Å². The van der Waals surface area contributed by atoms with Gasteiger partial charge in [0.15, 0.2) is 0 Å². The number of rotatable bonds is 6. The third-order valence-corrected chi connectivity index (χ3v) is 3.93. The molecule has 1 amide bonds. The molecule has 0 saturated heterocycles. The van der Waals surface area contributed by atoms with Gasteiger partial charge in [-0.05, 0) is 38.5 Å². The Bertz CT molecular complexity index is 229. The highest BCUT2D eigenvalue weighted by molar-refractivity contribution is 5.79. The van der Waals surface area contributed by atoms with Gasteiger partial charge in [-0.1, -0.05) is 39.5 Å². The van der Waals surface area contributed by atoms with Crippen LogP contribution in [0.5, 0.6) is 0 Å². The average Bonchev–Trinajstić information content (AvgIpc) is 2.68. The lowest BCUT2D eigenvalue weighted by Gasteiger charge is -2.23. The van der Waals surface area contributed by atoms with Crippen LogP contribution < -0.4 is 5.32 Å². The molecule has 0 aromatic rings. The van der Waals surface area contributed by atoms with Gasteiger partial charge in [0.1, 0.15) is 0 Å². The van der Waals surface area contributed by atoms with Crippen molar-refractivity contribution in [1.82, 2.24) is 5.32 Å². The van der Waals surface area contributed by atoms with Crippen molar-refractivity contribution in [3.05, 3.63) is 0 Å². The van der Waals surface area contributed by atoms with Gasteiger partial charge in [0.25, 0.3) is 0 Å². The summed E-state index contributed by atoms with van der Waals surface area (Å²) in [6.07, 6.45) is 7.88. The minimum atomic E-state index is 0.206. The van der Waals surface area contributed by atoms with Gasteiger partial charge < -0.3 is 5.32 Å². The predicted molar refractivity (Wildman–Crippen MR) is 72.8 cm³/mol. The molecule has 0 aromatic heterocycles. The molecule has 1 fully saturated rings. The molecule has 0 radical (unpaired) electrons. The van der Waals surface area contributed by atoms with Crippen molar-refractivity contribution in [1.29, 1.82) is 0 Å².